The van der Waals surface area contributed by atoms with E-state index >= 15 is 0 Å². The van der Waals surface area contributed by atoms with Crippen LogP contribution in [0, 0.1) is 0 Å². The van der Waals surface area contributed by atoms with E-state index in [0.717, 1.165) is 0 Å². The zero-order valence-electron chi connectivity index (χ0n) is 13.2. The molecule has 0 spiro atoms. The summed E-state index contributed by atoms with van der Waals surface area (Å²) in [6.45, 7) is 7.90. The highest BCUT2D eigenvalue weighted by atomic mass is 16.5. The molecule has 3 unspecified atom stereocenters. The summed E-state index contributed by atoms with van der Waals surface area (Å²) in [5.74, 6) is 0. The Kier molecular flexibility index (Phi) is 12.7. The Morgan fingerprint density at radius 2 is 1.84 bits per heavy atom. The molecule has 0 aliphatic rings. The molecule has 4 heteroatoms. The number of methoxy groups -OCH3 is 1. The van der Waals surface area contributed by atoms with Gasteiger partial charge in [0.25, 0.3) is 0 Å². The molecular formula is C15H33NO3. The minimum absolute atomic E-state index is 0.0335. The Balaban J connectivity index is 3.74. The summed E-state index contributed by atoms with van der Waals surface area (Å²) in [5, 5.41) is 13.3. The zero-order chi connectivity index (χ0) is 14.5. The number of ether oxygens (including phenoxy) is 2. The highest BCUT2D eigenvalue weighted by Crippen LogP contribution is 2.06. The fraction of sp³-hybridized carbons (Fsp3) is 1.00. The number of hydrogen-bond donors (Lipinski definition) is 2. The lowest BCUT2D eigenvalue weighted by molar-refractivity contribution is -0.0317. The third-order valence-corrected chi connectivity index (χ3v) is 3.16. The van der Waals surface area contributed by atoms with E-state index in [2.05, 4.69) is 19.2 Å². The standard InChI is InChI=1S/C15H33NO3/c1-5-7-9-14(8-6-2)16-10-15(17)12-19-13(3)11-18-4/h13-17H,5-12H2,1-4H3. The molecule has 0 heterocycles. The second-order valence-electron chi connectivity index (χ2n) is 5.29. The van der Waals surface area contributed by atoms with Crippen molar-refractivity contribution in [3.63, 3.8) is 0 Å². The summed E-state index contributed by atoms with van der Waals surface area (Å²) in [6, 6.07) is 0.524. The van der Waals surface area contributed by atoms with E-state index < -0.39 is 6.10 Å². The average Bonchev–Trinajstić information content (AvgIpc) is 2.40. The summed E-state index contributed by atoms with van der Waals surface area (Å²) in [4.78, 5) is 0. The van der Waals surface area contributed by atoms with Gasteiger partial charge in [0.2, 0.25) is 0 Å². The fourth-order valence-corrected chi connectivity index (χ4v) is 2.07. The lowest BCUT2D eigenvalue weighted by Crippen LogP contribution is -2.38. The second kappa shape index (κ2) is 12.9. The van der Waals surface area contributed by atoms with Crippen molar-refractivity contribution >= 4 is 0 Å². The summed E-state index contributed by atoms with van der Waals surface area (Å²) < 4.78 is 10.5. The average molecular weight is 275 g/mol. The lowest BCUT2D eigenvalue weighted by Gasteiger charge is -2.21. The Hall–Kier alpha value is -0.160. The Morgan fingerprint density at radius 3 is 2.42 bits per heavy atom. The summed E-state index contributed by atoms with van der Waals surface area (Å²) >= 11 is 0. The van der Waals surface area contributed by atoms with Crippen LogP contribution in [0.25, 0.3) is 0 Å². The molecule has 0 bridgehead atoms. The molecule has 0 rings (SSSR count). The van der Waals surface area contributed by atoms with Gasteiger partial charge in [0.15, 0.2) is 0 Å². The molecule has 0 saturated heterocycles. The van der Waals surface area contributed by atoms with E-state index in [-0.39, 0.29) is 6.10 Å². The number of aliphatic hydroxyl groups is 1. The first-order valence-corrected chi connectivity index (χ1v) is 7.65. The topological polar surface area (TPSA) is 50.7 Å². The first kappa shape index (κ1) is 18.8. The molecule has 0 aliphatic heterocycles. The van der Waals surface area contributed by atoms with Gasteiger partial charge in [0.1, 0.15) is 0 Å². The first-order chi connectivity index (χ1) is 9.13. The monoisotopic (exact) mass is 275 g/mol. The SMILES string of the molecule is CCCCC(CCC)NCC(O)COC(C)COC. The molecule has 4 nitrogen and oxygen atoms in total. The van der Waals surface area contributed by atoms with Crippen molar-refractivity contribution in [3.05, 3.63) is 0 Å². The predicted molar refractivity (Wildman–Crippen MR) is 79.5 cm³/mol. The van der Waals surface area contributed by atoms with Crippen LogP contribution in [0.3, 0.4) is 0 Å². The molecule has 0 fully saturated rings. The van der Waals surface area contributed by atoms with Gasteiger partial charge in [-0.15, -0.1) is 0 Å². The van der Waals surface area contributed by atoms with E-state index in [0.29, 0.717) is 25.8 Å². The predicted octanol–water partition coefficient (Wildman–Crippen LogP) is 2.35. The van der Waals surface area contributed by atoms with Crippen LogP contribution in [0.1, 0.15) is 52.9 Å². The van der Waals surface area contributed by atoms with Gasteiger partial charge in [-0.3, -0.25) is 0 Å². The zero-order valence-corrected chi connectivity index (χ0v) is 13.2. The molecule has 3 atom stereocenters. The summed E-state index contributed by atoms with van der Waals surface area (Å²) in [7, 11) is 1.65. The van der Waals surface area contributed by atoms with E-state index in [1.54, 1.807) is 7.11 Å². The lowest BCUT2D eigenvalue weighted by atomic mass is 10.1. The molecule has 0 saturated carbocycles. The van der Waals surface area contributed by atoms with Gasteiger partial charge in [0, 0.05) is 19.7 Å². The molecule has 0 aromatic rings. The third-order valence-electron chi connectivity index (χ3n) is 3.16. The summed E-state index contributed by atoms with van der Waals surface area (Å²) in [6.07, 6.45) is 5.60. The van der Waals surface area contributed by atoms with Gasteiger partial charge in [0.05, 0.1) is 25.4 Å². The van der Waals surface area contributed by atoms with Crippen LogP contribution in [-0.2, 0) is 9.47 Å². The number of rotatable bonds is 13. The molecule has 19 heavy (non-hydrogen) atoms. The maximum absolute atomic E-state index is 9.88. The van der Waals surface area contributed by atoms with E-state index in [9.17, 15) is 5.11 Å². The van der Waals surface area contributed by atoms with Crippen LogP contribution >= 0.6 is 0 Å². The van der Waals surface area contributed by atoms with E-state index in [1.807, 2.05) is 6.92 Å². The minimum Gasteiger partial charge on any atom is -0.389 e. The molecule has 0 radical (unpaired) electrons. The molecule has 116 valence electrons. The minimum atomic E-state index is -0.444. The van der Waals surface area contributed by atoms with Crippen molar-refractivity contribution in [2.75, 3.05) is 26.9 Å². The van der Waals surface area contributed by atoms with Crippen LogP contribution in [0.15, 0.2) is 0 Å². The first-order valence-electron chi connectivity index (χ1n) is 7.65. The molecule has 0 aromatic carbocycles. The van der Waals surface area contributed by atoms with Crippen molar-refractivity contribution in [2.24, 2.45) is 0 Å². The van der Waals surface area contributed by atoms with Crippen LogP contribution in [0.2, 0.25) is 0 Å². The largest absolute Gasteiger partial charge is 0.389 e. The molecular weight excluding hydrogens is 242 g/mol. The Morgan fingerprint density at radius 1 is 1.11 bits per heavy atom. The molecule has 0 amide bonds. The van der Waals surface area contributed by atoms with Crippen molar-refractivity contribution < 1.29 is 14.6 Å². The van der Waals surface area contributed by atoms with Crippen molar-refractivity contribution in [1.82, 2.24) is 5.32 Å². The molecule has 2 N–H and O–H groups in total. The molecule has 0 aliphatic carbocycles. The van der Waals surface area contributed by atoms with Gasteiger partial charge >= 0.3 is 0 Å². The van der Waals surface area contributed by atoms with Gasteiger partial charge < -0.3 is 19.9 Å². The molecule has 0 aromatic heterocycles. The maximum Gasteiger partial charge on any atom is 0.0897 e. The smallest absolute Gasteiger partial charge is 0.0897 e. The van der Waals surface area contributed by atoms with Crippen LogP contribution in [0.4, 0.5) is 0 Å². The number of aliphatic hydroxyl groups excluding tert-OH is 1. The van der Waals surface area contributed by atoms with E-state index in [1.165, 1.54) is 32.1 Å². The maximum atomic E-state index is 9.88. The highest BCUT2D eigenvalue weighted by Gasteiger charge is 2.11. The second-order valence-corrected chi connectivity index (χ2v) is 5.29. The third kappa shape index (κ3) is 11.4. The van der Waals surface area contributed by atoms with Gasteiger partial charge in [-0.25, -0.2) is 0 Å². The van der Waals surface area contributed by atoms with Gasteiger partial charge in [-0.1, -0.05) is 33.1 Å². The Labute approximate surface area is 118 Å². The fourth-order valence-electron chi connectivity index (χ4n) is 2.07. The summed E-state index contributed by atoms with van der Waals surface area (Å²) in [5.41, 5.74) is 0. The van der Waals surface area contributed by atoms with Crippen molar-refractivity contribution in [2.45, 2.75) is 71.1 Å². The van der Waals surface area contributed by atoms with Crippen molar-refractivity contribution in [1.29, 1.82) is 0 Å². The van der Waals surface area contributed by atoms with E-state index in [4.69, 9.17) is 9.47 Å². The number of nitrogens with one attached hydrogen (secondary N) is 1. The van der Waals surface area contributed by atoms with Crippen LogP contribution in [0.5, 0.6) is 0 Å². The number of unbranched alkanes of at least 4 members (excludes halogenated alkanes) is 1. The van der Waals surface area contributed by atoms with Gasteiger partial charge in [-0.05, 0) is 19.8 Å². The number of hydrogen-bond acceptors (Lipinski definition) is 4. The highest BCUT2D eigenvalue weighted by molar-refractivity contribution is 4.69. The van der Waals surface area contributed by atoms with Crippen LogP contribution in [-0.4, -0.2) is 50.2 Å². The Bertz CT molecular complexity index is 190. The van der Waals surface area contributed by atoms with Crippen molar-refractivity contribution in [3.8, 4) is 0 Å². The van der Waals surface area contributed by atoms with Crippen LogP contribution < -0.4 is 5.32 Å². The quantitative estimate of drug-likeness (QED) is 0.542. The van der Waals surface area contributed by atoms with Gasteiger partial charge in [-0.2, -0.15) is 0 Å². The normalized spacial score (nSPS) is 16.3.